The summed E-state index contributed by atoms with van der Waals surface area (Å²) in [5.41, 5.74) is 1.16. The monoisotopic (exact) mass is 489 g/mol. The number of hydrogen-bond acceptors (Lipinski definition) is 4. The molecule has 2 aliphatic rings. The molecule has 1 saturated carbocycles. The van der Waals surface area contributed by atoms with Gasteiger partial charge in [-0.1, -0.05) is 6.07 Å². The first-order chi connectivity index (χ1) is 12.3. The molecule has 3 rings (SSSR count). The van der Waals surface area contributed by atoms with Crippen LogP contribution in [0.25, 0.3) is 0 Å². The third-order valence-corrected chi connectivity index (χ3v) is 6.16. The number of aromatic nitrogens is 1. The fraction of sp³-hybridized carbons (Fsp3) is 0.684. The summed E-state index contributed by atoms with van der Waals surface area (Å²) in [5.74, 6) is 2.03. The predicted molar refractivity (Wildman–Crippen MR) is 124 cm³/mol. The van der Waals surface area contributed by atoms with Gasteiger partial charge in [-0.2, -0.15) is 11.8 Å². The van der Waals surface area contributed by atoms with Gasteiger partial charge in [-0.05, 0) is 56.9 Å². The lowest BCUT2D eigenvalue weighted by atomic mass is 10.2. The maximum absolute atomic E-state index is 4.76. The van der Waals surface area contributed by atoms with Crippen molar-refractivity contribution in [1.82, 2.24) is 15.6 Å². The second kappa shape index (κ2) is 11.2. The Morgan fingerprint density at radius 3 is 2.73 bits per heavy atom. The molecule has 2 unspecified atom stereocenters. The Labute approximate surface area is 179 Å². The SMILES string of the molecule is CCNC(=NCc1ccc(N2CCCC2)nc1)NC1CCC(SC)C1.I. The number of halogens is 1. The van der Waals surface area contributed by atoms with E-state index >= 15 is 0 Å². The van der Waals surface area contributed by atoms with Gasteiger partial charge in [0.15, 0.2) is 5.96 Å². The number of anilines is 1. The fourth-order valence-corrected chi connectivity index (χ4v) is 4.41. The standard InChI is InChI=1S/C19H31N5S.HI/c1-3-20-19(23-16-7-8-17(12-16)25-2)22-14-15-6-9-18(21-13-15)24-10-4-5-11-24;/h6,9,13,16-17H,3-5,7-8,10-12,14H2,1-2H3,(H2,20,22,23);1H. The quantitative estimate of drug-likeness (QED) is 0.363. The van der Waals surface area contributed by atoms with Crippen LogP contribution in [0.15, 0.2) is 23.3 Å². The zero-order valence-electron chi connectivity index (χ0n) is 15.9. The first-order valence-electron chi connectivity index (χ1n) is 9.56. The Kier molecular flexibility index (Phi) is 9.31. The zero-order valence-corrected chi connectivity index (χ0v) is 19.1. The first-order valence-corrected chi connectivity index (χ1v) is 10.8. The van der Waals surface area contributed by atoms with Crippen molar-refractivity contribution in [2.75, 3.05) is 30.8 Å². The molecule has 0 radical (unpaired) electrons. The van der Waals surface area contributed by atoms with E-state index < -0.39 is 0 Å². The molecule has 2 N–H and O–H groups in total. The maximum Gasteiger partial charge on any atom is 0.191 e. The van der Waals surface area contributed by atoms with E-state index in [1.807, 2.05) is 18.0 Å². The van der Waals surface area contributed by atoms with Crippen molar-refractivity contribution in [3.63, 3.8) is 0 Å². The van der Waals surface area contributed by atoms with E-state index in [2.05, 4.69) is 45.8 Å². The topological polar surface area (TPSA) is 52.6 Å². The molecule has 1 aliphatic heterocycles. The second-order valence-electron chi connectivity index (χ2n) is 6.93. The normalized spacial score (nSPS) is 23.0. The molecule has 7 heteroatoms. The molecule has 26 heavy (non-hydrogen) atoms. The lowest BCUT2D eigenvalue weighted by Crippen LogP contribution is -2.42. The minimum atomic E-state index is 0. The van der Waals surface area contributed by atoms with Crippen molar-refractivity contribution < 1.29 is 0 Å². The smallest absolute Gasteiger partial charge is 0.191 e. The molecule has 1 aromatic heterocycles. The Morgan fingerprint density at radius 1 is 1.31 bits per heavy atom. The van der Waals surface area contributed by atoms with E-state index in [1.165, 1.54) is 32.1 Å². The summed E-state index contributed by atoms with van der Waals surface area (Å²) in [6.45, 7) is 5.94. The lowest BCUT2D eigenvalue weighted by molar-refractivity contribution is 0.615. The van der Waals surface area contributed by atoms with Crippen LogP contribution < -0.4 is 15.5 Å². The Morgan fingerprint density at radius 2 is 2.12 bits per heavy atom. The molecule has 1 aliphatic carbocycles. The maximum atomic E-state index is 4.76. The van der Waals surface area contributed by atoms with Gasteiger partial charge in [0.05, 0.1) is 6.54 Å². The summed E-state index contributed by atoms with van der Waals surface area (Å²) in [7, 11) is 0. The molecule has 0 bridgehead atoms. The second-order valence-corrected chi connectivity index (χ2v) is 8.06. The largest absolute Gasteiger partial charge is 0.357 e. The highest BCUT2D eigenvalue weighted by Crippen LogP contribution is 2.28. The molecule has 0 aromatic carbocycles. The van der Waals surface area contributed by atoms with Crippen LogP contribution in [0, 0.1) is 0 Å². The van der Waals surface area contributed by atoms with Crippen molar-refractivity contribution in [3.05, 3.63) is 23.9 Å². The van der Waals surface area contributed by atoms with Gasteiger partial charge in [0, 0.05) is 37.1 Å². The average molecular weight is 489 g/mol. The number of nitrogens with zero attached hydrogens (tertiary/aromatic N) is 3. The number of aliphatic imine (C=N–C) groups is 1. The van der Waals surface area contributed by atoms with Crippen LogP contribution >= 0.6 is 35.7 Å². The molecule has 0 amide bonds. The van der Waals surface area contributed by atoms with E-state index in [1.54, 1.807) is 0 Å². The first kappa shape index (κ1) is 21.6. The molecule has 2 atom stereocenters. The number of thioether (sulfide) groups is 1. The Hall–Kier alpha value is -0.700. The van der Waals surface area contributed by atoms with Gasteiger partial charge in [0.1, 0.15) is 5.82 Å². The summed E-state index contributed by atoms with van der Waals surface area (Å²) < 4.78 is 0. The van der Waals surface area contributed by atoms with Gasteiger partial charge in [0.25, 0.3) is 0 Å². The fourth-order valence-electron chi connectivity index (χ4n) is 3.61. The summed E-state index contributed by atoms with van der Waals surface area (Å²) in [6.07, 6.45) is 10.5. The third kappa shape index (κ3) is 6.18. The molecule has 146 valence electrons. The average Bonchev–Trinajstić information content (AvgIpc) is 3.32. The van der Waals surface area contributed by atoms with Gasteiger partial charge < -0.3 is 15.5 Å². The van der Waals surface area contributed by atoms with E-state index in [0.29, 0.717) is 12.6 Å². The molecule has 1 aromatic rings. The van der Waals surface area contributed by atoms with Crippen LogP contribution in [0.5, 0.6) is 0 Å². The van der Waals surface area contributed by atoms with Crippen LogP contribution in [-0.2, 0) is 6.54 Å². The summed E-state index contributed by atoms with van der Waals surface area (Å²) in [6, 6.07) is 4.84. The summed E-state index contributed by atoms with van der Waals surface area (Å²) >= 11 is 1.99. The van der Waals surface area contributed by atoms with E-state index in [0.717, 1.165) is 42.2 Å². The molecule has 2 heterocycles. The molecular weight excluding hydrogens is 457 g/mol. The summed E-state index contributed by atoms with van der Waals surface area (Å²) in [4.78, 5) is 11.7. The van der Waals surface area contributed by atoms with Gasteiger partial charge in [-0.3, -0.25) is 0 Å². The minimum absolute atomic E-state index is 0. The van der Waals surface area contributed by atoms with E-state index in [4.69, 9.17) is 4.99 Å². The predicted octanol–water partition coefficient (Wildman–Crippen LogP) is 3.64. The molecule has 5 nitrogen and oxygen atoms in total. The van der Waals surface area contributed by atoms with Crippen LogP contribution in [0.1, 0.15) is 44.6 Å². The van der Waals surface area contributed by atoms with Crippen LogP contribution in [0.3, 0.4) is 0 Å². The van der Waals surface area contributed by atoms with Crippen LogP contribution in [0.2, 0.25) is 0 Å². The highest BCUT2D eigenvalue weighted by molar-refractivity contribution is 14.0. The van der Waals surface area contributed by atoms with Crippen molar-refractivity contribution >= 4 is 47.5 Å². The van der Waals surface area contributed by atoms with Crippen molar-refractivity contribution in [1.29, 1.82) is 0 Å². The minimum Gasteiger partial charge on any atom is -0.357 e. The molecule has 2 fully saturated rings. The van der Waals surface area contributed by atoms with Crippen LogP contribution in [0.4, 0.5) is 5.82 Å². The van der Waals surface area contributed by atoms with Crippen molar-refractivity contribution in [2.24, 2.45) is 4.99 Å². The van der Waals surface area contributed by atoms with Gasteiger partial charge in [0.2, 0.25) is 0 Å². The third-order valence-electron chi connectivity index (χ3n) is 5.06. The van der Waals surface area contributed by atoms with Crippen LogP contribution in [-0.4, -0.2) is 48.1 Å². The number of hydrogen-bond donors (Lipinski definition) is 2. The van der Waals surface area contributed by atoms with Gasteiger partial charge in [-0.25, -0.2) is 9.98 Å². The highest BCUT2D eigenvalue weighted by atomic mass is 127. The Balaban J connectivity index is 0.00000243. The van der Waals surface area contributed by atoms with Gasteiger partial charge in [-0.15, -0.1) is 24.0 Å². The van der Waals surface area contributed by atoms with E-state index in [-0.39, 0.29) is 24.0 Å². The van der Waals surface area contributed by atoms with Crippen molar-refractivity contribution in [3.8, 4) is 0 Å². The van der Waals surface area contributed by atoms with Crippen molar-refractivity contribution in [2.45, 2.75) is 56.9 Å². The molecule has 1 saturated heterocycles. The molecular formula is C19H32IN5S. The zero-order chi connectivity index (χ0) is 17.5. The number of pyridine rings is 1. The number of nitrogens with one attached hydrogen (secondary N) is 2. The number of guanidine groups is 1. The van der Waals surface area contributed by atoms with E-state index in [9.17, 15) is 0 Å². The summed E-state index contributed by atoms with van der Waals surface area (Å²) in [5, 5.41) is 7.77. The highest BCUT2D eigenvalue weighted by Gasteiger charge is 2.24. The lowest BCUT2D eigenvalue weighted by Gasteiger charge is -2.17. The molecule has 0 spiro atoms. The Bertz CT molecular complexity index is 560. The van der Waals surface area contributed by atoms with Gasteiger partial charge >= 0.3 is 0 Å². The number of rotatable bonds is 6.